The molecule has 0 radical (unpaired) electrons. The highest BCUT2D eigenvalue weighted by atomic mass is 16.5. The van der Waals surface area contributed by atoms with Gasteiger partial charge in [-0.2, -0.15) is 0 Å². The molecular formula is C37H66O4. The van der Waals surface area contributed by atoms with Crippen LogP contribution in [0.4, 0.5) is 0 Å². The van der Waals surface area contributed by atoms with Gasteiger partial charge in [0.05, 0.1) is 7.11 Å². The molecule has 1 unspecified atom stereocenters. The van der Waals surface area contributed by atoms with Crippen LogP contribution in [0.3, 0.4) is 0 Å². The molecule has 0 bridgehead atoms. The second-order valence-electron chi connectivity index (χ2n) is 11.5. The maximum Gasteiger partial charge on any atom is 0.306 e. The first-order chi connectivity index (χ1) is 20.1. The minimum atomic E-state index is -0.242. The number of unbranched alkanes of at least 4 members (excludes halogenated alkanes) is 16. The Kier molecular flexibility index (Phi) is 31.2. The summed E-state index contributed by atoms with van der Waals surface area (Å²) in [5, 5.41) is 0. The molecule has 0 amide bonds. The molecule has 238 valence electrons. The smallest absolute Gasteiger partial charge is 0.306 e. The first-order valence-corrected chi connectivity index (χ1v) is 17.3. The molecule has 0 aliphatic carbocycles. The normalized spacial score (nSPS) is 12.6. The highest BCUT2D eigenvalue weighted by Gasteiger charge is 2.16. The predicted molar refractivity (Wildman–Crippen MR) is 176 cm³/mol. The molecule has 0 saturated heterocycles. The summed E-state index contributed by atoms with van der Waals surface area (Å²) in [6.45, 7) is 4.50. The lowest BCUT2D eigenvalue weighted by Crippen LogP contribution is -2.20. The van der Waals surface area contributed by atoms with Gasteiger partial charge in [0.15, 0.2) is 0 Å². The van der Waals surface area contributed by atoms with Crippen LogP contribution in [0.15, 0.2) is 36.5 Å². The molecule has 0 aromatic carbocycles. The summed E-state index contributed by atoms with van der Waals surface area (Å²) >= 11 is 0. The van der Waals surface area contributed by atoms with E-state index in [9.17, 15) is 9.59 Å². The van der Waals surface area contributed by atoms with Crippen molar-refractivity contribution >= 4 is 11.9 Å². The molecule has 4 heteroatoms. The second-order valence-corrected chi connectivity index (χ2v) is 11.5. The van der Waals surface area contributed by atoms with Gasteiger partial charge in [-0.1, -0.05) is 115 Å². The van der Waals surface area contributed by atoms with Crippen molar-refractivity contribution in [1.82, 2.24) is 0 Å². The lowest BCUT2D eigenvalue weighted by molar-refractivity contribution is -0.152. The number of hydrogen-bond acceptors (Lipinski definition) is 4. The van der Waals surface area contributed by atoms with Gasteiger partial charge in [-0.25, -0.2) is 0 Å². The van der Waals surface area contributed by atoms with E-state index >= 15 is 0 Å². The van der Waals surface area contributed by atoms with Gasteiger partial charge in [-0.05, 0) is 83.5 Å². The van der Waals surface area contributed by atoms with E-state index in [4.69, 9.17) is 9.47 Å². The molecule has 0 spiro atoms. The molecule has 0 fully saturated rings. The molecular weight excluding hydrogens is 508 g/mol. The van der Waals surface area contributed by atoms with Gasteiger partial charge >= 0.3 is 11.9 Å². The van der Waals surface area contributed by atoms with Crippen LogP contribution in [0.2, 0.25) is 0 Å². The van der Waals surface area contributed by atoms with Gasteiger partial charge in [-0.15, -0.1) is 0 Å². The van der Waals surface area contributed by atoms with Gasteiger partial charge in [0.2, 0.25) is 0 Å². The van der Waals surface area contributed by atoms with Crippen molar-refractivity contribution in [3.63, 3.8) is 0 Å². The number of carbonyl (C=O) groups excluding carboxylic acids is 2. The lowest BCUT2D eigenvalue weighted by Gasteiger charge is -2.17. The van der Waals surface area contributed by atoms with Gasteiger partial charge in [0, 0.05) is 12.8 Å². The van der Waals surface area contributed by atoms with Crippen molar-refractivity contribution in [2.24, 2.45) is 0 Å². The van der Waals surface area contributed by atoms with E-state index in [1.807, 2.05) is 0 Å². The summed E-state index contributed by atoms with van der Waals surface area (Å²) < 4.78 is 10.6. The first kappa shape index (κ1) is 39.2. The second kappa shape index (κ2) is 32.7. The monoisotopic (exact) mass is 574 g/mol. The molecule has 4 nitrogen and oxygen atoms in total. The Hall–Kier alpha value is -1.84. The molecule has 0 rings (SSSR count). The topological polar surface area (TPSA) is 52.6 Å². The Morgan fingerprint density at radius 3 is 1.56 bits per heavy atom. The van der Waals surface area contributed by atoms with E-state index in [1.165, 1.54) is 103 Å². The van der Waals surface area contributed by atoms with Gasteiger partial charge in [0.25, 0.3) is 0 Å². The van der Waals surface area contributed by atoms with Crippen LogP contribution in [0, 0.1) is 0 Å². The number of esters is 2. The maximum absolute atomic E-state index is 12.5. The van der Waals surface area contributed by atoms with Gasteiger partial charge < -0.3 is 9.47 Å². The van der Waals surface area contributed by atoms with Crippen LogP contribution >= 0.6 is 0 Å². The molecule has 1 atom stereocenters. The van der Waals surface area contributed by atoms with E-state index in [1.54, 1.807) is 0 Å². The van der Waals surface area contributed by atoms with Gasteiger partial charge in [0.1, 0.15) is 6.10 Å². The summed E-state index contributed by atoms with van der Waals surface area (Å²) in [7, 11) is 1.41. The molecule has 0 aromatic rings. The predicted octanol–water partition coefficient (Wildman–Crippen LogP) is 11.5. The number of carbonyl (C=O) groups is 2. The lowest BCUT2D eigenvalue weighted by atomic mass is 10.1. The number of allylic oxidation sites excluding steroid dienone is 6. The summed E-state index contributed by atoms with van der Waals surface area (Å²) in [6.07, 6.45) is 41.0. The quantitative estimate of drug-likeness (QED) is 0.0486. The zero-order valence-corrected chi connectivity index (χ0v) is 27.4. The Balaban J connectivity index is 3.95. The third-order valence-electron chi connectivity index (χ3n) is 7.57. The molecule has 0 heterocycles. The maximum atomic E-state index is 12.5. The Morgan fingerprint density at radius 2 is 0.976 bits per heavy atom. The Morgan fingerprint density at radius 1 is 0.512 bits per heavy atom. The summed E-state index contributed by atoms with van der Waals surface area (Å²) in [4.78, 5) is 24.1. The van der Waals surface area contributed by atoms with Crippen molar-refractivity contribution in [3.05, 3.63) is 36.5 Å². The molecule has 0 aromatic heterocycles. The summed E-state index contributed by atoms with van der Waals surface area (Å²) in [5.41, 5.74) is 0. The molecule has 0 N–H and O–H groups in total. The van der Waals surface area contributed by atoms with Crippen molar-refractivity contribution in [1.29, 1.82) is 0 Å². The van der Waals surface area contributed by atoms with E-state index in [2.05, 4.69) is 50.3 Å². The van der Waals surface area contributed by atoms with Gasteiger partial charge in [-0.3, -0.25) is 9.59 Å². The minimum Gasteiger partial charge on any atom is -0.469 e. The zero-order chi connectivity index (χ0) is 30.1. The largest absolute Gasteiger partial charge is 0.469 e. The molecule has 0 aliphatic rings. The van der Waals surface area contributed by atoms with E-state index in [-0.39, 0.29) is 18.0 Å². The minimum absolute atomic E-state index is 0.122. The highest BCUT2D eigenvalue weighted by molar-refractivity contribution is 5.70. The van der Waals surface area contributed by atoms with Crippen LogP contribution in [0.1, 0.15) is 174 Å². The number of ether oxygens (including phenoxy) is 2. The number of rotatable bonds is 30. The standard InChI is InChI=1S/C37H66O4/c1-4-6-8-10-12-14-16-18-19-20-22-24-26-28-30-32-37(39)41-35(33-34-36(38)40-3)31-29-27-25-23-21-17-15-13-11-9-7-5-2/h13,15,18-19,21,23,35H,4-12,14,16-17,20,22,24-34H2,1-3H3/b15-13-,19-18-,23-21-. The van der Waals surface area contributed by atoms with Crippen LogP contribution in [-0.2, 0) is 19.1 Å². The average molecular weight is 575 g/mol. The fourth-order valence-electron chi connectivity index (χ4n) is 4.88. The molecule has 41 heavy (non-hydrogen) atoms. The van der Waals surface area contributed by atoms with E-state index in [0.717, 1.165) is 44.9 Å². The van der Waals surface area contributed by atoms with Crippen LogP contribution < -0.4 is 0 Å². The third-order valence-corrected chi connectivity index (χ3v) is 7.57. The molecule has 0 aliphatic heterocycles. The fraction of sp³-hybridized carbons (Fsp3) is 0.784. The molecule has 0 saturated carbocycles. The van der Waals surface area contributed by atoms with Crippen molar-refractivity contribution in [2.75, 3.05) is 7.11 Å². The summed E-state index contributed by atoms with van der Waals surface area (Å²) in [6, 6.07) is 0. The van der Waals surface area contributed by atoms with Crippen LogP contribution in [-0.4, -0.2) is 25.2 Å². The average Bonchev–Trinajstić information content (AvgIpc) is 2.98. The first-order valence-electron chi connectivity index (χ1n) is 17.3. The van der Waals surface area contributed by atoms with Crippen LogP contribution in [0.25, 0.3) is 0 Å². The summed E-state index contributed by atoms with van der Waals surface area (Å²) in [5.74, 6) is -0.364. The van der Waals surface area contributed by atoms with Crippen molar-refractivity contribution in [2.45, 2.75) is 180 Å². The zero-order valence-electron chi connectivity index (χ0n) is 27.4. The van der Waals surface area contributed by atoms with E-state index < -0.39 is 0 Å². The van der Waals surface area contributed by atoms with Crippen molar-refractivity contribution < 1.29 is 19.1 Å². The van der Waals surface area contributed by atoms with Crippen molar-refractivity contribution in [3.8, 4) is 0 Å². The Bertz CT molecular complexity index is 664. The number of hydrogen-bond donors (Lipinski definition) is 0. The third kappa shape index (κ3) is 30.9. The highest BCUT2D eigenvalue weighted by Crippen LogP contribution is 2.16. The number of methoxy groups -OCH3 is 1. The van der Waals surface area contributed by atoms with Crippen LogP contribution in [0.5, 0.6) is 0 Å². The van der Waals surface area contributed by atoms with E-state index in [0.29, 0.717) is 19.3 Å². The fourth-order valence-corrected chi connectivity index (χ4v) is 4.88. The SMILES string of the molecule is CCCCC/C=C\C/C=C\CCCCC(CCC(=O)OC)OC(=O)CCCCCCC/C=C\CCCCCCCC. The Labute approximate surface area is 254 Å².